The van der Waals surface area contributed by atoms with Gasteiger partial charge in [0, 0.05) is 31.3 Å². The van der Waals surface area contributed by atoms with Crippen LogP contribution in [0.25, 0.3) is 4.85 Å². The smallest absolute Gasteiger partial charge is 0.229 e. The normalized spacial score (nSPS) is 11.0. The number of hydrogen-bond acceptors (Lipinski definition) is 6. The maximum Gasteiger partial charge on any atom is 0.229 e. The topological polar surface area (TPSA) is 72.2 Å². The zero-order valence-electron chi connectivity index (χ0n) is 24.6. The summed E-state index contributed by atoms with van der Waals surface area (Å²) >= 11 is 1.69. The molecular formula is C35H33N3O4S2. The molecule has 224 valence electrons. The average Bonchev–Trinajstić information content (AvgIpc) is 3.53. The summed E-state index contributed by atoms with van der Waals surface area (Å²) in [7, 11) is -3.43. The summed E-state index contributed by atoms with van der Waals surface area (Å²) in [5.41, 5.74) is 6.23. The van der Waals surface area contributed by atoms with Gasteiger partial charge in [0.15, 0.2) is 5.69 Å². The summed E-state index contributed by atoms with van der Waals surface area (Å²) in [6.45, 7) is 10.9. The Hall–Kier alpha value is -4.78. The van der Waals surface area contributed by atoms with Gasteiger partial charge in [-0.1, -0.05) is 48.5 Å². The first-order valence-electron chi connectivity index (χ1n) is 14.1. The van der Waals surface area contributed by atoms with Gasteiger partial charge in [0.05, 0.1) is 25.1 Å². The van der Waals surface area contributed by atoms with Crippen LogP contribution in [0.3, 0.4) is 0 Å². The predicted molar refractivity (Wildman–Crippen MR) is 179 cm³/mol. The summed E-state index contributed by atoms with van der Waals surface area (Å²) in [5, 5.41) is 4.20. The molecule has 0 aliphatic rings. The number of ether oxygens (including phenoxy) is 2. The van der Waals surface area contributed by atoms with Crippen molar-refractivity contribution in [3.05, 3.63) is 141 Å². The molecule has 1 N–H and O–H groups in total. The summed E-state index contributed by atoms with van der Waals surface area (Å²) in [4.78, 5) is 5.69. The second kappa shape index (κ2) is 14.1. The lowest BCUT2D eigenvalue weighted by atomic mass is 10.1. The molecule has 4 aromatic carbocycles. The van der Waals surface area contributed by atoms with Crippen molar-refractivity contribution in [1.29, 1.82) is 0 Å². The van der Waals surface area contributed by atoms with Gasteiger partial charge in [0.2, 0.25) is 10.0 Å². The fraction of sp³-hybridized carbons (Fsp3) is 0.171. The van der Waals surface area contributed by atoms with Crippen molar-refractivity contribution in [3.63, 3.8) is 0 Å². The number of hydrogen-bond donors (Lipinski definition) is 1. The van der Waals surface area contributed by atoms with Gasteiger partial charge in [-0.15, -0.1) is 0 Å². The van der Waals surface area contributed by atoms with Gasteiger partial charge in [0.25, 0.3) is 0 Å². The largest absolute Gasteiger partial charge is 0.493 e. The van der Waals surface area contributed by atoms with Gasteiger partial charge in [-0.25, -0.2) is 13.3 Å². The lowest BCUT2D eigenvalue weighted by molar-refractivity contribution is 0.320. The number of benzene rings is 4. The van der Waals surface area contributed by atoms with Crippen LogP contribution in [0.5, 0.6) is 17.2 Å². The fourth-order valence-electron chi connectivity index (χ4n) is 4.77. The average molecular weight is 624 g/mol. The molecule has 5 rings (SSSR count). The van der Waals surface area contributed by atoms with Crippen molar-refractivity contribution in [1.82, 2.24) is 0 Å². The Morgan fingerprint density at radius 3 is 2.18 bits per heavy atom. The minimum atomic E-state index is -3.43. The maximum absolute atomic E-state index is 12.0. The van der Waals surface area contributed by atoms with Crippen LogP contribution in [0.1, 0.15) is 22.3 Å². The lowest BCUT2D eigenvalue weighted by Gasteiger charge is -2.28. The van der Waals surface area contributed by atoms with Crippen LogP contribution in [-0.4, -0.2) is 21.3 Å². The van der Waals surface area contributed by atoms with Crippen molar-refractivity contribution in [3.8, 4) is 17.2 Å². The van der Waals surface area contributed by atoms with E-state index < -0.39 is 10.0 Å². The molecule has 0 aliphatic carbocycles. The first-order chi connectivity index (χ1) is 21.3. The van der Waals surface area contributed by atoms with Gasteiger partial charge in [0.1, 0.15) is 17.2 Å². The van der Waals surface area contributed by atoms with Gasteiger partial charge < -0.3 is 14.4 Å². The lowest BCUT2D eigenvalue weighted by Crippen LogP contribution is -2.23. The molecule has 7 nitrogen and oxygen atoms in total. The molecule has 0 bridgehead atoms. The number of sulfonamides is 1. The van der Waals surface area contributed by atoms with E-state index >= 15 is 0 Å². The monoisotopic (exact) mass is 623 g/mol. The van der Waals surface area contributed by atoms with Crippen molar-refractivity contribution in [2.45, 2.75) is 26.4 Å². The molecule has 0 saturated carbocycles. The highest BCUT2D eigenvalue weighted by atomic mass is 32.2. The first kappa shape index (κ1) is 30.7. The van der Waals surface area contributed by atoms with Gasteiger partial charge in [-0.3, -0.25) is 4.72 Å². The minimum absolute atomic E-state index is 0.541. The second-order valence-electron chi connectivity index (χ2n) is 10.4. The van der Waals surface area contributed by atoms with E-state index in [0.717, 1.165) is 40.8 Å². The SMILES string of the molecule is [C-]#[N+]c1ccc(CN(Cc2ccc(Oc3cccc(OCCc4ccsc4)c3)cc2)c2cccc(NS(C)(=O)=O)c2C)cc1. The van der Waals surface area contributed by atoms with Crippen LogP contribution >= 0.6 is 11.3 Å². The van der Waals surface area contributed by atoms with Crippen LogP contribution in [-0.2, 0) is 29.5 Å². The Morgan fingerprint density at radius 1 is 0.841 bits per heavy atom. The first-order valence-corrected chi connectivity index (χ1v) is 16.9. The summed E-state index contributed by atoms with van der Waals surface area (Å²) in [5.74, 6) is 2.17. The minimum Gasteiger partial charge on any atom is -0.493 e. The molecule has 0 spiro atoms. The fourth-order valence-corrected chi connectivity index (χ4v) is 6.09. The van der Waals surface area contributed by atoms with Crippen LogP contribution in [0.2, 0.25) is 0 Å². The highest BCUT2D eigenvalue weighted by Crippen LogP contribution is 2.31. The molecule has 1 heterocycles. The van der Waals surface area contributed by atoms with E-state index in [1.54, 1.807) is 17.4 Å². The number of nitrogens with one attached hydrogen (secondary N) is 1. The van der Waals surface area contributed by atoms with E-state index in [0.29, 0.717) is 42.6 Å². The van der Waals surface area contributed by atoms with Gasteiger partial charge in [-0.05, 0) is 82.4 Å². The van der Waals surface area contributed by atoms with E-state index in [1.165, 1.54) is 5.56 Å². The highest BCUT2D eigenvalue weighted by Gasteiger charge is 2.15. The van der Waals surface area contributed by atoms with Crippen LogP contribution in [0.4, 0.5) is 17.1 Å². The molecule has 0 saturated heterocycles. The third-order valence-corrected chi connectivity index (χ3v) is 8.28. The predicted octanol–water partition coefficient (Wildman–Crippen LogP) is 8.60. The van der Waals surface area contributed by atoms with Crippen LogP contribution in [0.15, 0.2) is 108 Å². The van der Waals surface area contributed by atoms with E-state index in [9.17, 15) is 8.42 Å². The number of nitrogens with zero attached hydrogens (tertiary/aromatic N) is 2. The van der Waals surface area contributed by atoms with E-state index in [4.69, 9.17) is 16.0 Å². The van der Waals surface area contributed by atoms with E-state index in [1.807, 2.05) is 91.9 Å². The van der Waals surface area contributed by atoms with E-state index in [-0.39, 0.29) is 0 Å². The van der Waals surface area contributed by atoms with Crippen molar-refractivity contribution < 1.29 is 17.9 Å². The van der Waals surface area contributed by atoms with Crippen molar-refractivity contribution >= 4 is 38.4 Å². The molecule has 1 aromatic heterocycles. The highest BCUT2D eigenvalue weighted by molar-refractivity contribution is 7.92. The quantitative estimate of drug-likeness (QED) is 0.133. The molecule has 0 aliphatic heterocycles. The number of anilines is 2. The zero-order chi connectivity index (χ0) is 30.9. The van der Waals surface area contributed by atoms with Gasteiger partial charge in [-0.2, -0.15) is 11.3 Å². The molecule has 44 heavy (non-hydrogen) atoms. The Bertz CT molecular complexity index is 1830. The van der Waals surface area contributed by atoms with Gasteiger partial charge >= 0.3 is 0 Å². The summed E-state index contributed by atoms with van der Waals surface area (Å²) in [6.07, 6.45) is 2.01. The number of thiophene rings is 1. The molecule has 9 heteroatoms. The zero-order valence-corrected chi connectivity index (χ0v) is 26.2. The molecule has 0 radical (unpaired) electrons. The van der Waals surface area contributed by atoms with Crippen LogP contribution < -0.4 is 19.1 Å². The molecule has 0 unspecified atom stereocenters. The third kappa shape index (κ3) is 8.63. The number of rotatable bonds is 13. The Kier molecular flexibility index (Phi) is 9.85. The second-order valence-corrected chi connectivity index (χ2v) is 12.9. The molecule has 0 fully saturated rings. The molecule has 5 aromatic rings. The standard InChI is InChI=1S/C35H33N3O4S2/c1-26-34(37-44(3,39)40)8-5-9-35(26)38(23-27-10-14-30(36-2)15-11-27)24-28-12-16-31(17-13-28)42-33-7-4-6-32(22-33)41-20-18-29-19-21-43-25-29/h4-17,19,21-22,25,37H,18,20,23-24H2,1,3H3. The van der Waals surface area contributed by atoms with Crippen molar-refractivity contribution in [2.24, 2.45) is 0 Å². The Morgan fingerprint density at radius 2 is 1.52 bits per heavy atom. The van der Waals surface area contributed by atoms with Crippen molar-refractivity contribution in [2.75, 3.05) is 22.5 Å². The Labute approximate surface area is 263 Å². The molecule has 0 amide bonds. The van der Waals surface area contributed by atoms with E-state index in [2.05, 4.69) is 31.3 Å². The molecular weight excluding hydrogens is 591 g/mol. The summed E-state index contributed by atoms with van der Waals surface area (Å²) in [6, 6.07) is 30.8. The summed E-state index contributed by atoms with van der Waals surface area (Å²) < 4.78 is 38.7. The molecule has 0 atom stereocenters. The van der Waals surface area contributed by atoms with Crippen LogP contribution in [0, 0.1) is 13.5 Å². The Balaban J connectivity index is 1.31. The third-order valence-electron chi connectivity index (χ3n) is 6.96. The maximum atomic E-state index is 12.0.